The summed E-state index contributed by atoms with van der Waals surface area (Å²) in [6.45, 7) is 1.53. The number of rotatable bonds is 3. The molecule has 1 unspecified atom stereocenters. The molecular weight excluding hydrogens is 186 g/mol. The number of hydrogen-bond acceptors (Lipinski definition) is 5. The molecule has 0 fully saturated rings. The molecule has 1 rings (SSSR count). The van der Waals surface area contributed by atoms with Crippen molar-refractivity contribution in [2.75, 3.05) is 0 Å². The van der Waals surface area contributed by atoms with E-state index < -0.39 is 11.0 Å². The van der Waals surface area contributed by atoms with Gasteiger partial charge in [-0.05, 0) is 13.0 Å². The normalized spacial score (nSPS) is 12.1. The average molecular weight is 195 g/mol. The molecule has 6 heteroatoms. The summed E-state index contributed by atoms with van der Waals surface area (Å²) in [6.07, 6.45) is 1.04. The summed E-state index contributed by atoms with van der Waals surface area (Å²) < 4.78 is 0. The minimum Gasteiger partial charge on any atom is -0.321 e. The second-order valence-corrected chi connectivity index (χ2v) is 2.81. The van der Waals surface area contributed by atoms with E-state index in [1.807, 2.05) is 0 Å². The van der Waals surface area contributed by atoms with Crippen LogP contribution in [0.2, 0.25) is 0 Å². The van der Waals surface area contributed by atoms with Crippen LogP contribution in [-0.2, 0) is 0 Å². The molecule has 0 aromatic carbocycles. The Morgan fingerprint density at radius 3 is 2.64 bits per heavy atom. The lowest BCUT2D eigenvalue weighted by Crippen LogP contribution is -2.27. The lowest BCUT2D eigenvalue weighted by molar-refractivity contribution is -0.385. The minimum absolute atomic E-state index is 0.144. The Labute approximate surface area is 79.9 Å². The van der Waals surface area contributed by atoms with Gasteiger partial charge in [0.05, 0.1) is 11.0 Å². The number of carbonyl (C=O) groups is 1. The third-order valence-corrected chi connectivity index (χ3v) is 1.62. The monoisotopic (exact) mass is 195 g/mol. The minimum atomic E-state index is -0.649. The van der Waals surface area contributed by atoms with Gasteiger partial charge in [-0.2, -0.15) is 0 Å². The zero-order chi connectivity index (χ0) is 10.7. The average Bonchev–Trinajstić information content (AvgIpc) is 2.16. The highest BCUT2D eigenvalue weighted by atomic mass is 16.6. The summed E-state index contributed by atoms with van der Waals surface area (Å²) in [6, 6.07) is 1.87. The maximum Gasteiger partial charge on any atom is 0.287 e. The standard InChI is InChI=1S/C8H9N3O3/c1-5(9)8(12)7-3-2-6(4-10-7)11(13)14/h2-5H,9H2,1H3. The molecule has 74 valence electrons. The molecule has 0 radical (unpaired) electrons. The van der Waals surface area contributed by atoms with Crippen LogP contribution < -0.4 is 5.73 Å². The van der Waals surface area contributed by atoms with Crippen LogP contribution in [0.4, 0.5) is 5.69 Å². The van der Waals surface area contributed by atoms with Crippen molar-refractivity contribution in [3.8, 4) is 0 Å². The van der Waals surface area contributed by atoms with E-state index in [-0.39, 0.29) is 17.2 Å². The largest absolute Gasteiger partial charge is 0.321 e. The topological polar surface area (TPSA) is 99.1 Å². The Morgan fingerprint density at radius 2 is 2.29 bits per heavy atom. The van der Waals surface area contributed by atoms with Crippen molar-refractivity contribution < 1.29 is 9.72 Å². The Morgan fingerprint density at radius 1 is 1.64 bits per heavy atom. The molecule has 0 saturated carbocycles. The highest BCUT2D eigenvalue weighted by Crippen LogP contribution is 2.09. The van der Waals surface area contributed by atoms with E-state index in [0.717, 1.165) is 6.20 Å². The van der Waals surface area contributed by atoms with Crippen molar-refractivity contribution in [2.45, 2.75) is 13.0 Å². The first-order valence-electron chi connectivity index (χ1n) is 3.92. The maximum absolute atomic E-state index is 11.3. The van der Waals surface area contributed by atoms with Crippen LogP contribution in [-0.4, -0.2) is 21.7 Å². The van der Waals surface area contributed by atoms with Crippen molar-refractivity contribution in [2.24, 2.45) is 5.73 Å². The van der Waals surface area contributed by atoms with Crippen LogP contribution in [0.25, 0.3) is 0 Å². The van der Waals surface area contributed by atoms with Crippen molar-refractivity contribution in [1.82, 2.24) is 4.98 Å². The molecule has 0 aliphatic heterocycles. The van der Waals surface area contributed by atoms with Gasteiger partial charge >= 0.3 is 0 Å². The summed E-state index contributed by atoms with van der Waals surface area (Å²) >= 11 is 0. The van der Waals surface area contributed by atoms with Gasteiger partial charge in [-0.15, -0.1) is 0 Å². The van der Waals surface area contributed by atoms with Crippen LogP contribution >= 0.6 is 0 Å². The number of hydrogen-bond donors (Lipinski definition) is 1. The van der Waals surface area contributed by atoms with Gasteiger partial charge in [-0.1, -0.05) is 0 Å². The molecule has 14 heavy (non-hydrogen) atoms. The van der Waals surface area contributed by atoms with E-state index in [1.54, 1.807) is 0 Å². The van der Waals surface area contributed by atoms with E-state index >= 15 is 0 Å². The highest BCUT2D eigenvalue weighted by Gasteiger charge is 2.13. The number of nitrogens with zero attached hydrogens (tertiary/aromatic N) is 2. The van der Waals surface area contributed by atoms with Gasteiger partial charge in [0.25, 0.3) is 5.69 Å². The number of pyridine rings is 1. The molecule has 0 saturated heterocycles. The van der Waals surface area contributed by atoms with Crippen LogP contribution in [0.1, 0.15) is 17.4 Å². The van der Waals surface area contributed by atoms with E-state index in [4.69, 9.17) is 5.73 Å². The number of aromatic nitrogens is 1. The van der Waals surface area contributed by atoms with Gasteiger partial charge in [-0.25, -0.2) is 4.98 Å². The van der Waals surface area contributed by atoms with Gasteiger partial charge in [0.2, 0.25) is 0 Å². The predicted octanol–water partition coefficient (Wildman–Crippen LogP) is 0.520. The summed E-state index contributed by atoms with van der Waals surface area (Å²) in [5.41, 5.74) is 5.34. The Bertz CT molecular complexity index is 359. The number of carbonyl (C=O) groups excluding carboxylic acids is 1. The fourth-order valence-corrected chi connectivity index (χ4v) is 0.873. The molecule has 0 aliphatic carbocycles. The SMILES string of the molecule is CC(N)C(=O)c1ccc([N+](=O)[O-])cn1. The summed E-state index contributed by atoms with van der Waals surface area (Å²) in [7, 11) is 0. The number of Topliss-reactive ketones (excluding diaryl/α,β-unsaturated/α-hetero) is 1. The van der Waals surface area contributed by atoms with E-state index in [9.17, 15) is 14.9 Å². The van der Waals surface area contributed by atoms with Crippen molar-refractivity contribution >= 4 is 11.5 Å². The second kappa shape index (κ2) is 3.93. The third-order valence-electron chi connectivity index (χ3n) is 1.62. The van der Waals surface area contributed by atoms with E-state index in [2.05, 4.69) is 4.98 Å². The number of nitro groups is 1. The molecule has 6 nitrogen and oxygen atoms in total. The van der Waals surface area contributed by atoms with Gasteiger partial charge < -0.3 is 5.73 Å². The Hall–Kier alpha value is -1.82. The summed E-state index contributed by atoms with van der Waals surface area (Å²) in [5, 5.41) is 10.3. The Balaban J connectivity index is 2.94. The van der Waals surface area contributed by atoms with E-state index in [0.29, 0.717) is 0 Å². The lowest BCUT2D eigenvalue weighted by atomic mass is 10.1. The molecular formula is C8H9N3O3. The summed E-state index contributed by atoms with van der Waals surface area (Å²) in [5.74, 6) is -0.333. The number of ketones is 1. The molecule has 2 N–H and O–H groups in total. The quantitative estimate of drug-likeness (QED) is 0.430. The first-order valence-corrected chi connectivity index (χ1v) is 3.92. The Kier molecular flexibility index (Phi) is 2.88. The highest BCUT2D eigenvalue weighted by molar-refractivity contribution is 5.98. The van der Waals surface area contributed by atoms with Crippen molar-refractivity contribution in [1.29, 1.82) is 0 Å². The van der Waals surface area contributed by atoms with Crippen LogP contribution in [0.15, 0.2) is 18.3 Å². The molecule has 1 aromatic heterocycles. The fourth-order valence-electron chi connectivity index (χ4n) is 0.873. The zero-order valence-corrected chi connectivity index (χ0v) is 7.51. The van der Waals surface area contributed by atoms with Crippen LogP contribution in [0.5, 0.6) is 0 Å². The third kappa shape index (κ3) is 2.11. The molecule has 1 heterocycles. The second-order valence-electron chi connectivity index (χ2n) is 2.81. The molecule has 1 atom stereocenters. The summed E-state index contributed by atoms with van der Waals surface area (Å²) in [4.78, 5) is 24.6. The predicted molar refractivity (Wildman–Crippen MR) is 48.9 cm³/mol. The van der Waals surface area contributed by atoms with E-state index in [1.165, 1.54) is 19.1 Å². The van der Waals surface area contributed by atoms with Crippen LogP contribution in [0, 0.1) is 10.1 Å². The molecule has 0 bridgehead atoms. The van der Waals surface area contributed by atoms with Gasteiger partial charge in [-0.3, -0.25) is 14.9 Å². The smallest absolute Gasteiger partial charge is 0.287 e. The van der Waals surface area contributed by atoms with Gasteiger partial charge in [0.1, 0.15) is 11.9 Å². The fraction of sp³-hybridized carbons (Fsp3) is 0.250. The molecule has 0 amide bonds. The maximum atomic E-state index is 11.3. The van der Waals surface area contributed by atoms with Crippen LogP contribution in [0.3, 0.4) is 0 Å². The van der Waals surface area contributed by atoms with Crippen molar-refractivity contribution in [3.05, 3.63) is 34.1 Å². The molecule has 0 aliphatic rings. The first-order chi connectivity index (χ1) is 6.52. The lowest BCUT2D eigenvalue weighted by Gasteiger charge is -2.01. The van der Waals surface area contributed by atoms with Gasteiger partial charge in [0.15, 0.2) is 5.78 Å². The zero-order valence-electron chi connectivity index (χ0n) is 7.51. The van der Waals surface area contributed by atoms with Crippen molar-refractivity contribution in [3.63, 3.8) is 0 Å². The van der Waals surface area contributed by atoms with Gasteiger partial charge in [0, 0.05) is 6.07 Å². The first kappa shape index (κ1) is 10.3. The number of nitrogens with two attached hydrogens (primary N) is 1. The molecule has 0 spiro atoms. The molecule has 1 aromatic rings.